The highest BCUT2D eigenvalue weighted by Crippen LogP contribution is 2.41. The Bertz CT molecular complexity index is 1710. The van der Waals surface area contributed by atoms with E-state index in [1.807, 2.05) is 91.0 Å². The van der Waals surface area contributed by atoms with Gasteiger partial charge in [0.1, 0.15) is 5.69 Å². The third-order valence-electron chi connectivity index (χ3n) is 7.37. The fraction of sp³-hybridized carbons (Fsp3) is 0.200. The number of alkyl halides is 3. The first-order valence-corrected chi connectivity index (χ1v) is 16.6. The zero-order valence-electron chi connectivity index (χ0n) is 24.3. The van der Waals surface area contributed by atoms with Crippen LogP contribution in [0.3, 0.4) is 0 Å². The van der Waals surface area contributed by atoms with Gasteiger partial charge in [-0.1, -0.05) is 144 Å². The summed E-state index contributed by atoms with van der Waals surface area (Å²) in [6.07, 6.45) is -0.738. The molecule has 4 aromatic carbocycles. The topological polar surface area (TPSA) is 93.8 Å². The number of aliphatic hydroxyl groups excluding tert-OH is 1. The lowest BCUT2D eigenvalue weighted by molar-refractivity contribution is -0.245. The molecule has 1 amide bonds. The second-order valence-corrected chi connectivity index (χ2v) is 13.9. The number of carbonyl (C=O) groups excluding carboxylic acids is 1. The average Bonchev–Trinajstić information content (AvgIpc) is 3.52. The van der Waals surface area contributed by atoms with Gasteiger partial charge in [0, 0.05) is 34.6 Å². The van der Waals surface area contributed by atoms with E-state index in [1.54, 1.807) is 18.2 Å². The van der Waals surface area contributed by atoms with Crippen molar-refractivity contribution in [2.24, 2.45) is 0 Å². The molecule has 6 rings (SSSR count). The molecule has 11 heteroatoms. The van der Waals surface area contributed by atoms with Crippen molar-refractivity contribution < 1.29 is 23.8 Å². The van der Waals surface area contributed by atoms with Gasteiger partial charge in [0.15, 0.2) is 12.1 Å². The molecule has 2 N–H and O–H groups in total. The van der Waals surface area contributed by atoms with Crippen LogP contribution in [0.25, 0.3) is 22.6 Å². The molecule has 236 valence electrons. The van der Waals surface area contributed by atoms with Gasteiger partial charge in [-0.25, -0.2) is 4.98 Å². The Labute approximate surface area is 285 Å². The van der Waals surface area contributed by atoms with E-state index in [0.29, 0.717) is 34.4 Å². The molecule has 7 nitrogen and oxygen atoms in total. The second kappa shape index (κ2) is 14.6. The highest BCUT2D eigenvalue weighted by atomic mass is 35.6. The first-order chi connectivity index (χ1) is 22.3. The van der Waals surface area contributed by atoms with Gasteiger partial charge in [-0.15, -0.1) is 0 Å². The molecule has 0 aliphatic carbocycles. The van der Waals surface area contributed by atoms with Gasteiger partial charge in [-0.2, -0.15) is 0 Å². The van der Waals surface area contributed by atoms with Crippen molar-refractivity contribution in [1.29, 1.82) is 0 Å². The number of oxazole rings is 1. The maximum absolute atomic E-state index is 12.3. The lowest BCUT2D eigenvalue weighted by Gasteiger charge is -2.36. The average molecular weight is 696 g/mol. The van der Waals surface area contributed by atoms with Gasteiger partial charge in [0.25, 0.3) is 14.9 Å². The minimum atomic E-state index is -2.11. The molecule has 1 saturated heterocycles. The molecule has 5 aromatic rings. The van der Waals surface area contributed by atoms with E-state index in [9.17, 15) is 9.90 Å². The quantitative estimate of drug-likeness (QED) is 0.117. The van der Waals surface area contributed by atoms with Gasteiger partial charge in [0.2, 0.25) is 0 Å². The highest BCUT2D eigenvalue weighted by molar-refractivity contribution is 7.99. The predicted molar refractivity (Wildman–Crippen MR) is 182 cm³/mol. The van der Waals surface area contributed by atoms with Gasteiger partial charge in [0.05, 0.1) is 18.8 Å². The van der Waals surface area contributed by atoms with E-state index in [-0.39, 0.29) is 18.8 Å². The van der Waals surface area contributed by atoms with E-state index in [0.717, 1.165) is 27.9 Å². The number of benzene rings is 4. The molecular formula is C35H29Cl3N2O5S. The van der Waals surface area contributed by atoms with Crippen LogP contribution in [0.5, 0.6) is 0 Å². The van der Waals surface area contributed by atoms with Crippen molar-refractivity contribution in [3.8, 4) is 22.6 Å². The van der Waals surface area contributed by atoms with E-state index in [4.69, 9.17) is 53.7 Å². The van der Waals surface area contributed by atoms with E-state index in [2.05, 4.69) is 5.32 Å². The number of hydrogen-bond donors (Lipinski definition) is 2. The summed E-state index contributed by atoms with van der Waals surface area (Å²) in [5.74, 6) is 0.472. The lowest BCUT2D eigenvalue weighted by Crippen LogP contribution is -2.31. The van der Waals surface area contributed by atoms with Gasteiger partial charge in [-0.05, 0) is 23.3 Å². The molecule has 0 saturated carbocycles. The molecule has 0 radical (unpaired) electrons. The monoisotopic (exact) mass is 694 g/mol. The van der Waals surface area contributed by atoms with Crippen LogP contribution in [0.2, 0.25) is 0 Å². The summed E-state index contributed by atoms with van der Waals surface area (Å²) in [6, 6.07) is 34.6. The van der Waals surface area contributed by atoms with Crippen LogP contribution < -0.4 is 5.32 Å². The first kappa shape index (κ1) is 32.6. The van der Waals surface area contributed by atoms with Crippen molar-refractivity contribution in [2.75, 3.05) is 11.1 Å². The van der Waals surface area contributed by atoms with Crippen LogP contribution in [0.4, 0.5) is 5.69 Å². The molecule has 2 heterocycles. The van der Waals surface area contributed by atoms with Crippen LogP contribution in [-0.2, 0) is 20.9 Å². The Hall–Kier alpha value is -3.34. The van der Waals surface area contributed by atoms with Crippen LogP contribution in [0.15, 0.2) is 119 Å². The first-order valence-electron chi connectivity index (χ1n) is 14.5. The number of nitrogens with one attached hydrogen (secondary N) is 1. The lowest BCUT2D eigenvalue weighted by atomic mass is 10.0. The van der Waals surface area contributed by atoms with Crippen molar-refractivity contribution in [1.82, 2.24) is 4.98 Å². The standard InChI is InChI=1S/C35H29Cl3N2O5S/c36-35(37,38)33(42)39-27-13-7-12-26(18-27)32-43-28(19-29(44-32)23-16-14-22(20-41)15-17-23)21-46-34-40-30(24-8-3-1-4-9-24)31(45-34)25-10-5-2-6-11-25/h1-18,28-29,32,41H,19-21H2,(H,39,42). The highest BCUT2D eigenvalue weighted by Gasteiger charge is 2.34. The number of rotatable bonds is 9. The fourth-order valence-corrected chi connectivity index (χ4v) is 6.07. The third kappa shape index (κ3) is 7.96. The van der Waals surface area contributed by atoms with Crippen LogP contribution in [0, 0.1) is 0 Å². The number of amides is 1. The smallest absolute Gasteiger partial charge is 0.276 e. The Morgan fingerprint density at radius 3 is 2.24 bits per heavy atom. The maximum Gasteiger partial charge on any atom is 0.276 e. The number of halogens is 3. The van der Waals surface area contributed by atoms with Crippen LogP contribution in [-0.4, -0.2) is 31.6 Å². The van der Waals surface area contributed by atoms with E-state index in [1.165, 1.54) is 11.8 Å². The summed E-state index contributed by atoms with van der Waals surface area (Å²) >= 11 is 18.7. The SMILES string of the molecule is O=C(Nc1cccc(C2OC(CSc3nc(-c4ccccc4)c(-c4ccccc4)o3)CC(c3ccc(CO)cc3)O2)c1)C(Cl)(Cl)Cl. The van der Waals surface area contributed by atoms with Gasteiger partial charge >= 0.3 is 0 Å². The fourth-order valence-electron chi connectivity index (χ4n) is 5.09. The van der Waals surface area contributed by atoms with Crippen LogP contribution in [0.1, 0.15) is 35.5 Å². The summed E-state index contributed by atoms with van der Waals surface area (Å²) in [7, 11) is 0. The Balaban J connectivity index is 1.25. The number of hydrogen-bond acceptors (Lipinski definition) is 7. The molecule has 1 aromatic heterocycles. The number of aromatic nitrogens is 1. The van der Waals surface area contributed by atoms with E-state index >= 15 is 0 Å². The van der Waals surface area contributed by atoms with Crippen molar-refractivity contribution in [3.63, 3.8) is 0 Å². The number of carbonyl (C=O) groups is 1. The maximum atomic E-state index is 12.3. The second-order valence-electron chi connectivity index (χ2n) is 10.6. The molecule has 1 aliphatic rings. The zero-order valence-corrected chi connectivity index (χ0v) is 27.4. The largest absolute Gasteiger partial charge is 0.431 e. The number of thioether (sulfide) groups is 1. The summed E-state index contributed by atoms with van der Waals surface area (Å²) in [5.41, 5.74) is 5.56. The summed E-state index contributed by atoms with van der Waals surface area (Å²) in [6.45, 7) is -0.0460. The number of ether oxygens (including phenoxy) is 2. The Morgan fingerprint density at radius 1 is 0.870 bits per heavy atom. The van der Waals surface area contributed by atoms with Gasteiger partial charge < -0.3 is 24.3 Å². The van der Waals surface area contributed by atoms with Crippen LogP contribution >= 0.6 is 46.6 Å². The van der Waals surface area contributed by atoms with Crippen molar-refractivity contribution in [3.05, 3.63) is 126 Å². The molecule has 0 spiro atoms. The number of anilines is 1. The molecule has 3 atom stereocenters. The van der Waals surface area contributed by atoms with Crippen molar-refractivity contribution in [2.45, 2.75) is 40.5 Å². The minimum Gasteiger partial charge on any atom is -0.431 e. The van der Waals surface area contributed by atoms with Crippen molar-refractivity contribution >= 4 is 58.2 Å². The van der Waals surface area contributed by atoms with E-state index < -0.39 is 16.0 Å². The Kier molecular flexibility index (Phi) is 10.4. The Morgan fingerprint density at radius 2 is 1.57 bits per heavy atom. The molecule has 1 aliphatic heterocycles. The normalized spacial score (nSPS) is 18.3. The zero-order chi connectivity index (χ0) is 32.1. The molecular weight excluding hydrogens is 667 g/mol. The summed E-state index contributed by atoms with van der Waals surface area (Å²) in [4.78, 5) is 17.2. The summed E-state index contributed by atoms with van der Waals surface area (Å²) < 4.78 is 17.2. The number of aliphatic hydroxyl groups is 1. The molecule has 0 bridgehead atoms. The molecule has 46 heavy (non-hydrogen) atoms. The molecule has 3 unspecified atom stereocenters. The third-order valence-corrected chi connectivity index (χ3v) is 8.85. The molecule has 1 fully saturated rings. The number of nitrogens with zero attached hydrogens (tertiary/aromatic N) is 1. The minimum absolute atomic E-state index is 0.0460. The predicted octanol–water partition coefficient (Wildman–Crippen LogP) is 9.15. The van der Waals surface area contributed by atoms with Gasteiger partial charge in [-0.3, -0.25) is 4.79 Å². The summed E-state index contributed by atoms with van der Waals surface area (Å²) in [5, 5.41) is 12.7.